The topological polar surface area (TPSA) is 63.4 Å². The molecule has 6 heteroatoms. The summed E-state index contributed by atoms with van der Waals surface area (Å²) in [7, 11) is 0. The first-order chi connectivity index (χ1) is 11.6. The van der Waals surface area contributed by atoms with Gasteiger partial charge in [-0.1, -0.05) is 16.8 Å². The Morgan fingerprint density at radius 2 is 2.04 bits per heavy atom. The highest BCUT2D eigenvalue weighted by Gasteiger charge is 2.31. The number of likely N-dealkylation sites (tertiary alicyclic amines) is 1. The average molecular weight is 334 g/mol. The summed E-state index contributed by atoms with van der Waals surface area (Å²) in [6.07, 6.45) is 7.01. The molecule has 1 aromatic rings. The van der Waals surface area contributed by atoms with Crippen LogP contribution in [-0.2, 0) is 4.74 Å². The van der Waals surface area contributed by atoms with Crippen LogP contribution in [0, 0.1) is 6.92 Å². The lowest BCUT2D eigenvalue weighted by Gasteiger charge is -2.32. The molecule has 0 saturated carbocycles. The van der Waals surface area contributed by atoms with E-state index >= 15 is 0 Å². The van der Waals surface area contributed by atoms with Gasteiger partial charge in [0.1, 0.15) is 6.10 Å². The van der Waals surface area contributed by atoms with Gasteiger partial charge in [0.15, 0.2) is 5.82 Å². The molecule has 134 valence electrons. The molecule has 24 heavy (non-hydrogen) atoms. The number of ether oxygens (including phenoxy) is 1. The summed E-state index contributed by atoms with van der Waals surface area (Å²) in [5.41, 5.74) is 1.40. The Bertz CT molecular complexity index is 545. The highest BCUT2D eigenvalue weighted by atomic mass is 16.5. The van der Waals surface area contributed by atoms with E-state index in [4.69, 9.17) is 9.26 Å². The Labute approximate surface area is 144 Å². The van der Waals surface area contributed by atoms with Crippen LogP contribution in [0.5, 0.6) is 0 Å². The average Bonchev–Trinajstić information content (AvgIpc) is 3.20. The number of hydrogen-bond donors (Lipinski definition) is 1. The van der Waals surface area contributed by atoms with E-state index < -0.39 is 0 Å². The van der Waals surface area contributed by atoms with E-state index in [0.29, 0.717) is 17.8 Å². The normalized spacial score (nSPS) is 26.0. The summed E-state index contributed by atoms with van der Waals surface area (Å²) in [5, 5.41) is 7.54. The lowest BCUT2D eigenvalue weighted by Crippen LogP contribution is -2.44. The molecule has 1 aromatic heterocycles. The fourth-order valence-corrected chi connectivity index (χ4v) is 3.41. The number of allylic oxidation sites excluding steroid dienone is 1. The van der Waals surface area contributed by atoms with Crippen molar-refractivity contribution >= 4 is 0 Å². The SMILES string of the molecule is CC(C)=CCN1CCC(NC[C@H]2CC[C@@H](c3nc(C)no3)O2)CC1. The number of nitrogens with one attached hydrogen (secondary N) is 1. The molecule has 2 aliphatic rings. The molecule has 0 radical (unpaired) electrons. The van der Waals surface area contributed by atoms with Gasteiger partial charge in [-0.05, 0) is 59.5 Å². The lowest BCUT2D eigenvalue weighted by atomic mass is 10.0. The zero-order chi connectivity index (χ0) is 16.9. The van der Waals surface area contributed by atoms with E-state index in [-0.39, 0.29) is 12.2 Å². The molecule has 1 N–H and O–H groups in total. The maximum Gasteiger partial charge on any atom is 0.255 e. The van der Waals surface area contributed by atoms with E-state index in [1.165, 1.54) is 31.5 Å². The van der Waals surface area contributed by atoms with E-state index in [0.717, 1.165) is 25.9 Å². The Hall–Kier alpha value is -1.24. The zero-order valence-electron chi connectivity index (χ0n) is 15.1. The zero-order valence-corrected chi connectivity index (χ0v) is 15.1. The van der Waals surface area contributed by atoms with Crippen molar-refractivity contribution in [2.45, 2.75) is 64.7 Å². The van der Waals surface area contributed by atoms with Crippen LogP contribution in [0.15, 0.2) is 16.2 Å². The molecule has 2 saturated heterocycles. The summed E-state index contributed by atoms with van der Waals surface area (Å²) >= 11 is 0. The molecule has 2 atom stereocenters. The predicted octanol–water partition coefficient (Wildman–Crippen LogP) is 2.62. The van der Waals surface area contributed by atoms with Crippen molar-refractivity contribution in [3.8, 4) is 0 Å². The van der Waals surface area contributed by atoms with Crippen molar-refractivity contribution < 1.29 is 9.26 Å². The molecule has 0 bridgehead atoms. The van der Waals surface area contributed by atoms with E-state index in [1.54, 1.807) is 0 Å². The summed E-state index contributed by atoms with van der Waals surface area (Å²) in [6.45, 7) is 10.5. The van der Waals surface area contributed by atoms with Gasteiger partial charge in [-0.25, -0.2) is 0 Å². The molecule has 3 heterocycles. The van der Waals surface area contributed by atoms with Gasteiger partial charge in [-0.3, -0.25) is 4.90 Å². The van der Waals surface area contributed by atoms with Gasteiger partial charge in [0.25, 0.3) is 5.89 Å². The third-order valence-corrected chi connectivity index (χ3v) is 4.91. The molecule has 0 spiro atoms. The van der Waals surface area contributed by atoms with Gasteiger partial charge in [0.2, 0.25) is 0 Å². The van der Waals surface area contributed by atoms with Crippen molar-refractivity contribution in [2.24, 2.45) is 0 Å². The molecular formula is C18H30N4O2. The molecule has 3 rings (SSSR count). The first-order valence-electron chi connectivity index (χ1n) is 9.15. The van der Waals surface area contributed by atoms with Crippen LogP contribution in [0.2, 0.25) is 0 Å². The van der Waals surface area contributed by atoms with Crippen molar-refractivity contribution in [1.29, 1.82) is 0 Å². The molecular weight excluding hydrogens is 304 g/mol. The smallest absolute Gasteiger partial charge is 0.255 e. The van der Waals surface area contributed by atoms with Crippen LogP contribution in [0.3, 0.4) is 0 Å². The van der Waals surface area contributed by atoms with Gasteiger partial charge in [0.05, 0.1) is 6.10 Å². The summed E-state index contributed by atoms with van der Waals surface area (Å²) in [6, 6.07) is 0.612. The second-order valence-electron chi connectivity index (χ2n) is 7.27. The van der Waals surface area contributed by atoms with Crippen LogP contribution in [0.25, 0.3) is 0 Å². The Morgan fingerprint density at radius 3 is 2.71 bits per heavy atom. The molecule has 0 unspecified atom stereocenters. The van der Waals surface area contributed by atoms with Crippen molar-refractivity contribution in [3.05, 3.63) is 23.4 Å². The van der Waals surface area contributed by atoms with Gasteiger partial charge in [-0.15, -0.1) is 0 Å². The first-order valence-corrected chi connectivity index (χ1v) is 9.15. The van der Waals surface area contributed by atoms with Gasteiger partial charge >= 0.3 is 0 Å². The van der Waals surface area contributed by atoms with Gasteiger partial charge in [0, 0.05) is 19.1 Å². The Kier molecular flexibility index (Phi) is 6.03. The monoisotopic (exact) mass is 334 g/mol. The van der Waals surface area contributed by atoms with Crippen molar-refractivity contribution in [3.63, 3.8) is 0 Å². The van der Waals surface area contributed by atoms with Crippen LogP contribution >= 0.6 is 0 Å². The molecule has 2 aliphatic heterocycles. The molecule has 0 aromatic carbocycles. The second-order valence-corrected chi connectivity index (χ2v) is 7.27. The fourth-order valence-electron chi connectivity index (χ4n) is 3.41. The Balaban J connectivity index is 1.35. The van der Waals surface area contributed by atoms with E-state index in [2.05, 4.69) is 40.3 Å². The third-order valence-electron chi connectivity index (χ3n) is 4.91. The number of nitrogens with zero attached hydrogens (tertiary/aromatic N) is 3. The van der Waals surface area contributed by atoms with Crippen molar-refractivity contribution in [1.82, 2.24) is 20.4 Å². The van der Waals surface area contributed by atoms with Crippen LogP contribution in [0.4, 0.5) is 0 Å². The number of piperidine rings is 1. The lowest BCUT2D eigenvalue weighted by molar-refractivity contribution is 0.0241. The minimum absolute atomic E-state index is 0.0241. The second kappa shape index (κ2) is 8.23. The van der Waals surface area contributed by atoms with Gasteiger partial charge in [-0.2, -0.15) is 4.98 Å². The predicted molar refractivity (Wildman–Crippen MR) is 92.8 cm³/mol. The van der Waals surface area contributed by atoms with Crippen LogP contribution < -0.4 is 5.32 Å². The van der Waals surface area contributed by atoms with Gasteiger partial charge < -0.3 is 14.6 Å². The maximum atomic E-state index is 6.06. The fraction of sp³-hybridized carbons (Fsp3) is 0.778. The minimum Gasteiger partial charge on any atom is -0.364 e. The van der Waals surface area contributed by atoms with Crippen LogP contribution in [0.1, 0.15) is 57.3 Å². The highest BCUT2D eigenvalue weighted by Crippen LogP contribution is 2.31. The summed E-state index contributed by atoms with van der Waals surface area (Å²) < 4.78 is 11.3. The quantitative estimate of drug-likeness (QED) is 0.807. The number of aryl methyl sites for hydroxylation is 1. The third kappa shape index (κ3) is 4.88. The summed E-state index contributed by atoms with van der Waals surface area (Å²) in [4.78, 5) is 6.81. The highest BCUT2D eigenvalue weighted by molar-refractivity contribution is 4.96. The first kappa shape index (κ1) is 17.6. The molecule has 6 nitrogen and oxygen atoms in total. The summed E-state index contributed by atoms with van der Waals surface area (Å²) in [5.74, 6) is 1.30. The minimum atomic E-state index is -0.0241. The number of aromatic nitrogens is 2. The standard InChI is InChI=1S/C18H30N4O2/c1-13(2)6-9-22-10-7-15(8-11-22)19-12-16-4-5-17(23-16)18-20-14(3)21-24-18/h6,15-17,19H,4-5,7-12H2,1-3H3/t16-,17+/m1/s1. The molecule has 0 amide bonds. The number of rotatable bonds is 6. The van der Waals surface area contributed by atoms with Crippen LogP contribution in [-0.4, -0.2) is 53.4 Å². The van der Waals surface area contributed by atoms with E-state index in [1.807, 2.05) is 6.92 Å². The Morgan fingerprint density at radius 1 is 1.25 bits per heavy atom. The maximum absolute atomic E-state index is 6.06. The van der Waals surface area contributed by atoms with E-state index in [9.17, 15) is 0 Å². The molecule has 0 aliphatic carbocycles. The largest absolute Gasteiger partial charge is 0.364 e. The number of hydrogen-bond acceptors (Lipinski definition) is 6. The van der Waals surface area contributed by atoms with Crippen molar-refractivity contribution in [2.75, 3.05) is 26.2 Å². The molecule has 2 fully saturated rings.